The van der Waals surface area contributed by atoms with Crippen molar-refractivity contribution in [1.29, 1.82) is 0 Å². The Kier molecular flexibility index (Phi) is 5.31. The van der Waals surface area contributed by atoms with Gasteiger partial charge in [-0.1, -0.05) is 22.9 Å². The van der Waals surface area contributed by atoms with E-state index in [1.807, 2.05) is 26.8 Å². The van der Waals surface area contributed by atoms with Gasteiger partial charge in [-0.05, 0) is 50.2 Å². The van der Waals surface area contributed by atoms with Crippen LogP contribution in [0.2, 0.25) is 0 Å². The smallest absolute Gasteiger partial charge is 0.224 e. The second-order valence-corrected chi connectivity index (χ2v) is 5.74. The van der Waals surface area contributed by atoms with E-state index in [-0.39, 0.29) is 5.75 Å². The first-order chi connectivity index (χ1) is 10.0. The van der Waals surface area contributed by atoms with E-state index in [9.17, 15) is 4.39 Å². The van der Waals surface area contributed by atoms with Gasteiger partial charge in [0, 0.05) is 22.3 Å². The van der Waals surface area contributed by atoms with E-state index < -0.39 is 5.82 Å². The standard InChI is InChI=1S/C16H18BrFN2O/c1-4-19-9-13-10(2)7-11(3)20-16(13)21-15-8-12(17)5-6-14(15)18/h5-8,19H,4,9H2,1-3H3. The molecule has 1 aromatic heterocycles. The lowest BCUT2D eigenvalue weighted by Crippen LogP contribution is -2.14. The van der Waals surface area contributed by atoms with Crippen molar-refractivity contribution in [2.24, 2.45) is 0 Å². The predicted molar refractivity (Wildman–Crippen MR) is 85.3 cm³/mol. The minimum atomic E-state index is -0.409. The topological polar surface area (TPSA) is 34.2 Å². The molecule has 0 aliphatic heterocycles. The largest absolute Gasteiger partial charge is 0.436 e. The summed E-state index contributed by atoms with van der Waals surface area (Å²) in [5.74, 6) is 0.207. The lowest BCUT2D eigenvalue weighted by molar-refractivity contribution is 0.419. The molecule has 0 saturated heterocycles. The van der Waals surface area contributed by atoms with Gasteiger partial charge < -0.3 is 10.1 Å². The van der Waals surface area contributed by atoms with Gasteiger partial charge in [0.25, 0.3) is 0 Å². The molecule has 0 unspecified atom stereocenters. The molecule has 0 aliphatic carbocycles. The van der Waals surface area contributed by atoms with Crippen molar-refractivity contribution in [3.63, 3.8) is 0 Å². The number of nitrogens with zero attached hydrogens (tertiary/aromatic N) is 1. The number of aromatic nitrogens is 1. The summed E-state index contributed by atoms with van der Waals surface area (Å²) in [6, 6.07) is 6.60. The number of pyridine rings is 1. The first-order valence-corrected chi connectivity index (χ1v) is 7.61. The van der Waals surface area contributed by atoms with Crippen molar-refractivity contribution in [3.8, 4) is 11.6 Å². The summed E-state index contributed by atoms with van der Waals surface area (Å²) < 4.78 is 20.3. The van der Waals surface area contributed by atoms with Gasteiger partial charge in [0.2, 0.25) is 5.88 Å². The molecule has 1 heterocycles. The van der Waals surface area contributed by atoms with Gasteiger partial charge in [-0.3, -0.25) is 0 Å². The summed E-state index contributed by atoms with van der Waals surface area (Å²) >= 11 is 3.32. The van der Waals surface area contributed by atoms with Crippen LogP contribution in [0.5, 0.6) is 11.6 Å². The lowest BCUT2D eigenvalue weighted by atomic mass is 10.1. The zero-order valence-corrected chi connectivity index (χ0v) is 13.9. The molecule has 0 fully saturated rings. The van der Waals surface area contributed by atoms with Crippen LogP contribution in [0.25, 0.3) is 0 Å². The van der Waals surface area contributed by atoms with Crippen LogP contribution in [0.1, 0.15) is 23.7 Å². The number of hydrogen-bond donors (Lipinski definition) is 1. The van der Waals surface area contributed by atoms with Gasteiger partial charge in [-0.15, -0.1) is 0 Å². The fourth-order valence-electron chi connectivity index (χ4n) is 2.04. The van der Waals surface area contributed by atoms with Gasteiger partial charge in [0.05, 0.1) is 0 Å². The maximum Gasteiger partial charge on any atom is 0.224 e. The first-order valence-electron chi connectivity index (χ1n) is 6.82. The second-order valence-electron chi connectivity index (χ2n) is 4.82. The van der Waals surface area contributed by atoms with Gasteiger partial charge >= 0.3 is 0 Å². The molecule has 1 aromatic carbocycles. The molecular formula is C16H18BrFN2O. The SMILES string of the molecule is CCNCc1c(C)cc(C)nc1Oc1cc(Br)ccc1F. The van der Waals surface area contributed by atoms with Crippen molar-refractivity contribution in [3.05, 3.63) is 51.4 Å². The molecule has 0 radical (unpaired) electrons. The third-order valence-corrected chi connectivity index (χ3v) is 3.58. The van der Waals surface area contributed by atoms with Crippen molar-refractivity contribution < 1.29 is 9.13 Å². The highest BCUT2D eigenvalue weighted by Gasteiger charge is 2.13. The van der Waals surface area contributed by atoms with E-state index in [1.165, 1.54) is 6.07 Å². The van der Waals surface area contributed by atoms with Crippen LogP contribution in [-0.2, 0) is 6.54 Å². The summed E-state index contributed by atoms with van der Waals surface area (Å²) in [6.45, 7) is 7.42. The molecule has 0 atom stereocenters. The average Bonchev–Trinajstić information content (AvgIpc) is 2.42. The molecule has 2 aromatic rings. The highest BCUT2D eigenvalue weighted by molar-refractivity contribution is 9.10. The van der Waals surface area contributed by atoms with Crippen LogP contribution in [-0.4, -0.2) is 11.5 Å². The molecule has 5 heteroatoms. The van der Waals surface area contributed by atoms with Crippen LogP contribution in [0.4, 0.5) is 4.39 Å². The molecule has 3 nitrogen and oxygen atoms in total. The molecule has 112 valence electrons. The first kappa shape index (κ1) is 15.9. The van der Waals surface area contributed by atoms with E-state index >= 15 is 0 Å². The molecular weight excluding hydrogens is 335 g/mol. The second kappa shape index (κ2) is 7.00. The fourth-order valence-corrected chi connectivity index (χ4v) is 2.38. The number of ether oxygens (including phenoxy) is 1. The zero-order chi connectivity index (χ0) is 15.4. The highest BCUT2D eigenvalue weighted by atomic mass is 79.9. The quantitative estimate of drug-likeness (QED) is 0.859. The third kappa shape index (κ3) is 4.02. The van der Waals surface area contributed by atoms with E-state index in [1.54, 1.807) is 12.1 Å². The number of hydrogen-bond acceptors (Lipinski definition) is 3. The molecule has 0 bridgehead atoms. The van der Waals surface area contributed by atoms with Crippen LogP contribution in [0, 0.1) is 19.7 Å². The van der Waals surface area contributed by atoms with Crippen molar-refractivity contribution in [1.82, 2.24) is 10.3 Å². The number of halogens is 2. The van der Waals surface area contributed by atoms with Crippen molar-refractivity contribution in [2.75, 3.05) is 6.54 Å². The fraction of sp³-hybridized carbons (Fsp3) is 0.312. The molecule has 1 N–H and O–H groups in total. The number of benzene rings is 1. The molecule has 2 rings (SSSR count). The van der Waals surface area contributed by atoms with Crippen LogP contribution in [0.3, 0.4) is 0 Å². The minimum Gasteiger partial charge on any atom is -0.436 e. The highest BCUT2D eigenvalue weighted by Crippen LogP contribution is 2.30. The Morgan fingerprint density at radius 2 is 2.05 bits per heavy atom. The summed E-state index contributed by atoms with van der Waals surface area (Å²) in [7, 11) is 0. The Morgan fingerprint density at radius 3 is 2.76 bits per heavy atom. The van der Waals surface area contributed by atoms with E-state index in [4.69, 9.17) is 4.74 Å². The molecule has 0 spiro atoms. The van der Waals surface area contributed by atoms with E-state index in [0.717, 1.165) is 27.8 Å². The Bertz CT molecular complexity index is 646. The maximum absolute atomic E-state index is 13.9. The van der Waals surface area contributed by atoms with Crippen molar-refractivity contribution in [2.45, 2.75) is 27.3 Å². The molecule has 0 saturated carbocycles. The van der Waals surface area contributed by atoms with Crippen LogP contribution in [0.15, 0.2) is 28.7 Å². The molecule has 21 heavy (non-hydrogen) atoms. The van der Waals surface area contributed by atoms with Gasteiger partial charge in [-0.2, -0.15) is 0 Å². The Morgan fingerprint density at radius 1 is 1.29 bits per heavy atom. The molecule has 0 amide bonds. The number of rotatable bonds is 5. The normalized spacial score (nSPS) is 10.7. The van der Waals surface area contributed by atoms with Crippen molar-refractivity contribution >= 4 is 15.9 Å². The minimum absolute atomic E-state index is 0.166. The third-order valence-electron chi connectivity index (χ3n) is 3.09. The van der Waals surface area contributed by atoms with Gasteiger partial charge in [0.15, 0.2) is 11.6 Å². The molecule has 0 aliphatic rings. The Hall–Kier alpha value is -1.46. The number of aryl methyl sites for hydroxylation is 2. The number of nitrogens with one attached hydrogen (secondary N) is 1. The predicted octanol–water partition coefficient (Wildman–Crippen LogP) is 4.50. The Balaban J connectivity index is 2.40. The van der Waals surface area contributed by atoms with E-state index in [0.29, 0.717) is 12.4 Å². The summed E-state index contributed by atoms with van der Waals surface area (Å²) in [6.07, 6.45) is 0. The van der Waals surface area contributed by atoms with Gasteiger partial charge in [0.1, 0.15) is 0 Å². The lowest BCUT2D eigenvalue weighted by Gasteiger charge is -2.14. The van der Waals surface area contributed by atoms with Crippen LogP contribution < -0.4 is 10.1 Å². The Labute approximate surface area is 132 Å². The zero-order valence-electron chi connectivity index (χ0n) is 12.3. The van der Waals surface area contributed by atoms with Crippen LogP contribution >= 0.6 is 15.9 Å². The summed E-state index contributed by atoms with van der Waals surface area (Å²) in [5, 5.41) is 3.25. The monoisotopic (exact) mass is 352 g/mol. The maximum atomic E-state index is 13.9. The van der Waals surface area contributed by atoms with E-state index in [2.05, 4.69) is 26.2 Å². The summed E-state index contributed by atoms with van der Waals surface area (Å²) in [5.41, 5.74) is 2.87. The average molecular weight is 353 g/mol. The van der Waals surface area contributed by atoms with Gasteiger partial charge in [-0.25, -0.2) is 9.37 Å². The summed E-state index contributed by atoms with van der Waals surface area (Å²) in [4.78, 5) is 4.41.